The molecule has 6 heteroatoms. The Morgan fingerprint density at radius 3 is 2.39 bits per heavy atom. The van der Waals surface area contributed by atoms with Gasteiger partial charge in [-0.25, -0.2) is 9.97 Å². The summed E-state index contributed by atoms with van der Waals surface area (Å²) < 4.78 is 0. The van der Waals surface area contributed by atoms with Crippen molar-refractivity contribution >= 4 is 39.7 Å². The van der Waals surface area contributed by atoms with Crippen molar-refractivity contribution in [2.24, 2.45) is 0 Å². The predicted molar refractivity (Wildman–Crippen MR) is 127 cm³/mol. The van der Waals surface area contributed by atoms with Crippen molar-refractivity contribution in [3.8, 4) is 0 Å². The van der Waals surface area contributed by atoms with E-state index in [1.54, 1.807) is 0 Å². The number of anilines is 4. The Morgan fingerprint density at radius 1 is 0.871 bits per heavy atom. The third-order valence-electron chi connectivity index (χ3n) is 4.87. The second-order valence-electron chi connectivity index (χ2n) is 7.28. The van der Waals surface area contributed by atoms with Crippen LogP contribution < -0.4 is 16.0 Å². The van der Waals surface area contributed by atoms with E-state index in [1.165, 1.54) is 0 Å². The van der Waals surface area contributed by atoms with Crippen molar-refractivity contribution in [2.75, 3.05) is 22.5 Å². The molecule has 0 unspecified atom stereocenters. The molecule has 156 valence electrons. The van der Waals surface area contributed by atoms with Gasteiger partial charge in [0.15, 0.2) is 0 Å². The number of rotatable bonds is 7. The quantitative estimate of drug-likeness (QED) is 0.385. The molecule has 0 aliphatic rings. The monoisotopic (exact) mass is 411 g/mol. The van der Waals surface area contributed by atoms with Gasteiger partial charge in [-0.1, -0.05) is 42.5 Å². The van der Waals surface area contributed by atoms with E-state index in [2.05, 4.69) is 44.1 Å². The first-order chi connectivity index (χ1) is 15.1. The molecule has 0 saturated heterocycles. The average Bonchev–Trinajstić information content (AvgIpc) is 2.75. The van der Waals surface area contributed by atoms with Crippen LogP contribution in [0.1, 0.15) is 18.3 Å². The number of benzene rings is 3. The van der Waals surface area contributed by atoms with Crippen LogP contribution in [0.3, 0.4) is 0 Å². The molecule has 0 aliphatic heterocycles. The molecule has 1 heterocycles. The van der Waals surface area contributed by atoms with E-state index in [1.807, 2.05) is 68.4 Å². The van der Waals surface area contributed by atoms with Crippen molar-refractivity contribution in [3.63, 3.8) is 0 Å². The zero-order valence-electron chi connectivity index (χ0n) is 17.6. The van der Waals surface area contributed by atoms with Crippen LogP contribution >= 0.6 is 0 Å². The number of nitrogens with zero attached hydrogens (tertiary/aromatic N) is 2. The lowest BCUT2D eigenvalue weighted by molar-refractivity contribution is -0.115. The maximum absolute atomic E-state index is 12.6. The number of nitrogens with one attached hydrogen (secondary N) is 3. The topological polar surface area (TPSA) is 78.9 Å². The summed E-state index contributed by atoms with van der Waals surface area (Å²) in [5.74, 6) is 2.16. The number of hydrogen-bond donors (Lipinski definition) is 3. The van der Waals surface area contributed by atoms with Gasteiger partial charge in [-0.05, 0) is 54.4 Å². The zero-order chi connectivity index (χ0) is 21.6. The molecule has 0 spiro atoms. The van der Waals surface area contributed by atoms with Gasteiger partial charge in [0.1, 0.15) is 17.5 Å². The highest BCUT2D eigenvalue weighted by Gasteiger charge is 2.08. The number of fused-ring (bicyclic) bond motifs is 1. The number of aryl methyl sites for hydroxylation is 1. The second kappa shape index (κ2) is 9.26. The van der Waals surface area contributed by atoms with Crippen LogP contribution in [0.15, 0.2) is 72.8 Å². The Balaban J connectivity index is 1.41. The summed E-state index contributed by atoms with van der Waals surface area (Å²) >= 11 is 0. The van der Waals surface area contributed by atoms with Gasteiger partial charge in [0.2, 0.25) is 5.91 Å². The van der Waals surface area contributed by atoms with Gasteiger partial charge >= 0.3 is 0 Å². The molecular formula is C25H25N5O. The van der Waals surface area contributed by atoms with Crippen molar-refractivity contribution in [1.82, 2.24) is 9.97 Å². The summed E-state index contributed by atoms with van der Waals surface area (Å²) in [6, 6.07) is 23.6. The van der Waals surface area contributed by atoms with Gasteiger partial charge in [0, 0.05) is 24.0 Å². The Morgan fingerprint density at radius 2 is 1.58 bits per heavy atom. The van der Waals surface area contributed by atoms with Crippen LogP contribution in [0.4, 0.5) is 23.0 Å². The van der Waals surface area contributed by atoms with Crippen molar-refractivity contribution in [3.05, 3.63) is 84.2 Å². The Labute approximate surface area is 181 Å². The Bertz CT molecular complexity index is 1200. The summed E-state index contributed by atoms with van der Waals surface area (Å²) in [7, 11) is 0. The number of carbonyl (C=O) groups is 1. The number of hydrogen-bond acceptors (Lipinski definition) is 5. The highest BCUT2D eigenvalue weighted by atomic mass is 16.1. The number of carbonyl (C=O) groups excluding carboxylic acids is 1. The third kappa shape index (κ3) is 5.17. The molecular weight excluding hydrogens is 386 g/mol. The van der Waals surface area contributed by atoms with E-state index in [4.69, 9.17) is 0 Å². The van der Waals surface area contributed by atoms with Crippen LogP contribution in [0, 0.1) is 6.92 Å². The van der Waals surface area contributed by atoms with Crippen LogP contribution in [-0.2, 0) is 11.2 Å². The fraction of sp³-hybridized carbons (Fsp3) is 0.160. The van der Waals surface area contributed by atoms with E-state index in [-0.39, 0.29) is 5.91 Å². The molecule has 0 saturated carbocycles. The standard InChI is InChI=1S/C25H25N5O/c1-3-26-23-16-24(28-17(2)27-23)29-20-11-13-21(14-12-20)30-25(31)15-19-9-6-8-18-7-4-5-10-22(18)19/h4-14,16H,3,15H2,1-2H3,(H,30,31)(H2,26,27,28,29). The van der Waals surface area contributed by atoms with Gasteiger partial charge in [-0.15, -0.1) is 0 Å². The molecule has 3 N–H and O–H groups in total. The molecule has 0 radical (unpaired) electrons. The molecule has 31 heavy (non-hydrogen) atoms. The molecule has 6 nitrogen and oxygen atoms in total. The van der Waals surface area contributed by atoms with E-state index in [0.29, 0.717) is 12.2 Å². The van der Waals surface area contributed by atoms with Gasteiger partial charge < -0.3 is 16.0 Å². The zero-order valence-corrected chi connectivity index (χ0v) is 17.6. The third-order valence-corrected chi connectivity index (χ3v) is 4.87. The fourth-order valence-corrected chi connectivity index (χ4v) is 3.51. The maximum atomic E-state index is 12.6. The summed E-state index contributed by atoms with van der Waals surface area (Å²) in [6.45, 7) is 4.68. The molecule has 0 atom stereocenters. The smallest absolute Gasteiger partial charge is 0.228 e. The highest BCUT2D eigenvalue weighted by molar-refractivity contribution is 5.96. The number of aromatic nitrogens is 2. The molecule has 1 aromatic heterocycles. The van der Waals surface area contributed by atoms with Crippen LogP contribution in [-0.4, -0.2) is 22.4 Å². The first kappa shape index (κ1) is 20.3. The SMILES string of the molecule is CCNc1cc(Nc2ccc(NC(=O)Cc3cccc4ccccc34)cc2)nc(C)n1. The molecule has 4 rings (SSSR count). The lowest BCUT2D eigenvalue weighted by Crippen LogP contribution is -2.14. The number of amides is 1. The fourth-order valence-electron chi connectivity index (χ4n) is 3.51. The van der Waals surface area contributed by atoms with Gasteiger partial charge in [0.25, 0.3) is 0 Å². The lowest BCUT2D eigenvalue weighted by atomic mass is 10.0. The molecule has 4 aromatic rings. The predicted octanol–water partition coefficient (Wildman–Crippen LogP) is 5.29. The first-order valence-corrected chi connectivity index (χ1v) is 10.3. The van der Waals surface area contributed by atoms with Crippen molar-refractivity contribution < 1.29 is 4.79 Å². The van der Waals surface area contributed by atoms with Gasteiger partial charge in [-0.2, -0.15) is 0 Å². The van der Waals surface area contributed by atoms with Crippen LogP contribution in [0.2, 0.25) is 0 Å². The average molecular weight is 412 g/mol. The normalized spacial score (nSPS) is 10.6. The molecule has 3 aromatic carbocycles. The van der Waals surface area contributed by atoms with Gasteiger partial charge in [-0.3, -0.25) is 4.79 Å². The van der Waals surface area contributed by atoms with Crippen LogP contribution in [0.5, 0.6) is 0 Å². The second-order valence-corrected chi connectivity index (χ2v) is 7.28. The summed E-state index contributed by atoms with van der Waals surface area (Å²) in [4.78, 5) is 21.4. The van der Waals surface area contributed by atoms with Crippen molar-refractivity contribution in [2.45, 2.75) is 20.3 Å². The van der Waals surface area contributed by atoms with Crippen molar-refractivity contribution in [1.29, 1.82) is 0 Å². The largest absolute Gasteiger partial charge is 0.370 e. The summed E-state index contributed by atoms with van der Waals surface area (Å²) in [6.07, 6.45) is 0.328. The molecule has 0 aliphatic carbocycles. The summed E-state index contributed by atoms with van der Waals surface area (Å²) in [5.41, 5.74) is 2.65. The lowest BCUT2D eigenvalue weighted by Gasteiger charge is -2.11. The molecule has 1 amide bonds. The highest BCUT2D eigenvalue weighted by Crippen LogP contribution is 2.21. The van der Waals surface area contributed by atoms with E-state index in [0.717, 1.165) is 45.9 Å². The van der Waals surface area contributed by atoms with Crippen LogP contribution in [0.25, 0.3) is 10.8 Å². The minimum absolute atomic E-state index is 0.0428. The molecule has 0 fully saturated rings. The molecule has 0 bridgehead atoms. The summed E-state index contributed by atoms with van der Waals surface area (Å²) in [5, 5.41) is 11.7. The Kier molecular flexibility index (Phi) is 6.08. The van der Waals surface area contributed by atoms with E-state index < -0.39 is 0 Å². The Hall–Kier alpha value is -3.93. The minimum Gasteiger partial charge on any atom is -0.370 e. The maximum Gasteiger partial charge on any atom is 0.228 e. The first-order valence-electron chi connectivity index (χ1n) is 10.3. The van der Waals surface area contributed by atoms with E-state index in [9.17, 15) is 4.79 Å². The minimum atomic E-state index is -0.0428. The van der Waals surface area contributed by atoms with E-state index >= 15 is 0 Å². The van der Waals surface area contributed by atoms with Gasteiger partial charge in [0.05, 0.1) is 6.42 Å².